The molecule has 1 nitrogen and oxygen atoms in total. The summed E-state index contributed by atoms with van der Waals surface area (Å²) in [6.07, 6.45) is 2.13. The second kappa shape index (κ2) is 4.21. The predicted octanol–water partition coefficient (Wildman–Crippen LogP) is 4.57. The fourth-order valence-corrected chi connectivity index (χ4v) is 4.29. The second-order valence-corrected chi connectivity index (χ2v) is 12.2. The van der Waals surface area contributed by atoms with Crippen LogP contribution in [0.2, 0.25) is 18.1 Å². The van der Waals surface area contributed by atoms with Gasteiger partial charge in [-0.05, 0) is 36.2 Å². The highest BCUT2D eigenvalue weighted by molar-refractivity contribution is 6.74. The molecule has 0 aliphatic heterocycles. The first-order chi connectivity index (χ1) is 8.13. The van der Waals surface area contributed by atoms with Crippen molar-refractivity contribution < 1.29 is 4.43 Å². The van der Waals surface area contributed by atoms with E-state index in [0.29, 0.717) is 0 Å². The minimum absolute atomic E-state index is 0.00664. The van der Waals surface area contributed by atoms with Gasteiger partial charge in [0.25, 0.3) is 0 Å². The van der Waals surface area contributed by atoms with E-state index in [-0.39, 0.29) is 10.6 Å². The van der Waals surface area contributed by atoms with Crippen LogP contribution in [-0.2, 0) is 17.3 Å². The van der Waals surface area contributed by atoms with E-state index in [4.69, 9.17) is 4.43 Å². The van der Waals surface area contributed by atoms with Crippen molar-refractivity contribution in [1.29, 1.82) is 0 Å². The molecule has 0 radical (unpaired) electrons. The molecule has 0 heterocycles. The third kappa shape index (κ3) is 2.55. The Morgan fingerprint density at radius 2 is 1.50 bits per heavy atom. The molecule has 0 spiro atoms. The van der Waals surface area contributed by atoms with Gasteiger partial charge in [0.05, 0.1) is 5.60 Å². The maximum atomic E-state index is 6.67. The summed E-state index contributed by atoms with van der Waals surface area (Å²) in [6, 6.07) is 8.76. The first-order valence-corrected chi connectivity index (χ1v) is 9.81. The normalized spacial score (nSPS) is 18.8. The van der Waals surface area contributed by atoms with E-state index in [2.05, 4.69) is 65.1 Å². The predicted molar refractivity (Wildman–Crippen MR) is 80.5 cm³/mol. The average Bonchev–Trinajstić information content (AvgIpc) is 2.50. The maximum Gasteiger partial charge on any atom is 0.192 e. The molecular weight excluding hydrogens is 236 g/mol. The zero-order valence-electron chi connectivity index (χ0n) is 12.6. The number of fused-ring (bicyclic) bond motifs is 1. The molecule has 0 amide bonds. The van der Waals surface area contributed by atoms with Gasteiger partial charge in [-0.3, -0.25) is 0 Å². The molecule has 1 aliphatic rings. The van der Waals surface area contributed by atoms with Crippen molar-refractivity contribution >= 4 is 8.32 Å². The van der Waals surface area contributed by atoms with E-state index in [1.54, 1.807) is 0 Å². The Bertz CT molecular complexity index is 418. The lowest BCUT2D eigenvalue weighted by molar-refractivity contribution is 0.0833. The molecule has 0 fully saturated rings. The molecule has 0 bridgehead atoms. The first kappa shape index (κ1) is 13.8. The Morgan fingerprint density at radius 1 is 1.06 bits per heavy atom. The largest absolute Gasteiger partial charge is 0.411 e. The molecule has 100 valence electrons. The minimum atomic E-state index is -1.68. The fourth-order valence-electron chi connectivity index (χ4n) is 2.61. The smallest absolute Gasteiger partial charge is 0.192 e. The van der Waals surface area contributed by atoms with Crippen LogP contribution in [0.5, 0.6) is 0 Å². The quantitative estimate of drug-likeness (QED) is 0.710. The van der Waals surface area contributed by atoms with Crippen molar-refractivity contribution in [2.45, 2.75) is 64.3 Å². The summed E-state index contributed by atoms with van der Waals surface area (Å²) in [4.78, 5) is 0. The lowest BCUT2D eigenvalue weighted by atomic mass is 10.0. The number of hydrogen-bond donors (Lipinski definition) is 0. The van der Waals surface area contributed by atoms with Gasteiger partial charge in [0.1, 0.15) is 0 Å². The highest BCUT2D eigenvalue weighted by atomic mass is 28.4. The van der Waals surface area contributed by atoms with Crippen molar-refractivity contribution in [2.75, 3.05) is 0 Å². The van der Waals surface area contributed by atoms with Gasteiger partial charge in [-0.2, -0.15) is 0 Å². The molecule has 1 aliphatic carbocycles. The standard InChI is InChI=1S/C16H26OSi/c1-15(2,3)18(5,6)17-16(4)11-13-9-7-8-10-14(13)12-16/h7-10H,11-12H2,1-6H3. The van der Waals surface area contributed by atoms with Gasteiger partial charge < -0.3 is 4.43 Å². The summed E-state index contributed by atoms with van der Waals surface area (Å²) in [5.74, 6) is 0. The molecule has 0 aromatic heterocycles. The lowest BCUT2D eigenvalue weighted by Gasteiger charge is -2.42. The second-order valence-electron chi connectivity index (χ2n) is 7.43. The number of benzene rings is 1. The molecule has 0 atom stereocenters. The Labute approximate surface area is 113 Å². The van der Waals surface area contributed by atoms with Gasteiger partial charge in [0, 0.05) is 12.8 Å². The molecule has 2 rings (SSSR count). The van der Waals surface area contributed by atoms with Crippen molar-refractivity contribution in [1.82, 2.24) is 0 Å². The summed E-state index contributed by atoms with van der Waals surface area (Å²) in [7, 11) is -1.68. The van der Waals surface area contributed by atoms with Crippen LogP contribution in [0.15, 0.2) is 24.3 Å². The van der Waals surface area contributed by atoms with Crippen molar-refractivity contribution in [3.63, 3.8) is 0 Å². The van der Waals surface area contributed by atoms with Crippen LogP contribution < -0.4 is 0 Å². The third-order valence-electron chi connectivity index (χ3n) is 4.55. The van der Waals surface area contributed by atoms with Crippen LogP contribution >= 0.6 is 0 Å². The van der Waals surface area contributed by atoms with E-state index < -0.39 is 8.32 Å². The van der Waals surface area contributed by atoms with Crippen molar-refractivity contribution in [3.8, 4) is 0 Å². The van der Waals surface area contributed by atoms with Gasteiger partial charge in [-0.25, -0.2) is 0 Å². The molecule has 1 aromatic rings. The van der Waals surface area contributed by atoms with Crippen LogP contribution in [0, 0.1) is 0 Å². The zero-order chi connectivity index (χ0) is 13.6. The third-order valence-corrected chi connectivity index (χ3v) is 9.17. The van der Waals surface area contributed by atoms with E-state index in [0.717, 1.165) is 12.8 Å². The van der Waals surface area contributed by atoms with Crippen molar-refractivity contribution in [2.24, 2.45) is 0 Å². The number of rotatable bonds is 2. The van der Waals surface area contributed by atoms with Gasteiger partial charge in [0.2, 0.25) is 0 Å². The van der Waals surface area contributed by atoms with E-state index >= 15 is 0 Å². The number of hydrogen-bond acceptors (Lipinski definition) is 1. The van der Waals surface area contributed by atoms with Crippen molar-refractivity contribution in [3.05, 3.63) is 35.4 Å². The Hall–Kier alpha value is -0.603. The van der Waals surface area contributed by atoms with E-state index in [9.17, 15) is 0 Å². The summed E-state index contributed by atoms with van der Waals surface area (Å²) in [6.45, 7) is 13.9. The highest BCUT2D eigenvalue weighted by Crippen LogP contribution is 2.42. The summed E-state index contributed by atoms with van der Waals surface area (Å²) >= 11 is 0. The van der Waals surface area contributed by atoms with Gasteiger partial charge in [-0.1, -0.05) is 45.0 Å². The Morgan fingerprint density at radius 3 is 1.89 bits per heavy atom. The summed E-state index contributed by atoms with van der Waals surface area (Å²) in [5.41, 5.74) is 2.95. The minimum Gasteiger partial charge on any atom is -0.411 e. The van der Waals surface area contributed by atoms with Gasteiger partial charge in [0.15, 0.2) is 8.32 Å². The van der Waals surface area contributed by atoms with E-state index in [1.807, 2.05) is 0 Å². The molecule has 0 saturated carbocycles. The lowest BCUT2D eigenvalue weighted by Crippen LogP contribution is -2.49. The molecule has 2 heteroatoms. The van der Waals surface area contributed by atoms with Crippen LogP contribution in [0.3, 0.4) is 0 Å². The van der Waals surface area contributed by atoms with Crippen LogP contribution in [0.25, 0.3) is 0 Å². The summed E-state index contributed by atoms with van der Waals surface area (Å²) < 4.78 is 6.67. The Balaban J connectivity index is 2.18. The van der Waals surface area contributed by atoms with Gasteiger partial charge >= 0.3 is 0 Å². The van der Waals surface area contributed by atoms with Gasteiger partial charge in [-0.15, -0.1) is 0 Å². The monoisotopic (exact) mass is 262 g/mol. The van der Waals surface area contributed by atoms with Crippen LogP contribution in [0.1, 0.15) is 38.8 Å². The SMILES string of the molecule is CC1(O[Si](C)(C)C(C)(C)C)Cc2ccccc2C1. The molecule has 1 aromatic carbocycles. The molecule has 0 N–H and O–H groups in total. The molecular formula is C16H26OSi. The Kier molecular flexibility index (Phi) is 3.23. The summed E-state index contributed by atoms with van der Waals surface area (Å²) in [5, 5.41) is 0.283. The molecule has 0 saturated heterocycles. The zero-order valence-corrected chi connectivity index (χ0v) is 13.6. The van der Waals surface area contributed by atoms with Crippen LogP contribution in [0.4, 0.5) is 0 Å². The molecule has 0 unspecified atom stereocenters. The highest BCUT2D eigenvalue weighted by Gasteiger charge is 2.44. The van der Waals surface area contributed by atoms with E-state index in [1.165, 1.54) is 11.1 Å². The fraction of sp³-hybridized carbons (Fsp3) is 0.625. The first-order valence-electron chi connectivity index (χ1n) is 6.90. The maximum absolute atomic E-state index is 6.67. The van der Waals surface area contributed by atoms with Crippen LogP contribution in [-0.4, -0.2) is 13.9 Å². The topological polar surface area (TPSA) is 9.23 Å². The average molecular weight is 262 g/mol. The molecule has 18 heavy (non-hydrogen) atoms.